The van der Waals surface area contributed by atoms with Gasteiger partial charge in [-0.15, -0.1) is 0 Å². The van der Waals surface area contributed by atoms with Gasteiger partial charge in [0.15, 0.2) is 0 Å². The summed E-state index contributed by atoms with van der Waals surface area (Å²) < 4.78 is 5.12. The minimum Gasteiger partial charge on any atom is -0.392 e. The zero-order valence-electron chi connectivity index (χ0n) is 20.9. The summed E-state index contributed by atoms with van der Waals surface area (Å²) in [5.41, 5.74) is 4.76. The van der Waals surface area contributed by atoms with E-state index in [9.17, 15) is 9.59 Å². The van der Waals surface area contributed by atoms with Crippen molar-refractivity contribution in [2.75, 3.05) is 20.6 Å². The van der Waals surface area contributed by atoms with Crippen LogP contribution in [0.5, 0.6) is 0 Å². The number of ether oxygens (including phenoxy) is 1. The molecule has 0 amide bonds. The Bertz CT molecular complexity index is 491. The number of carbonyl (C=O) groups is 2. The lowest BCUT2D eigenvalue weighted by atomic mass is 9.94. The summed E-state index contributed by atoms with van der Waals surface area (Å²) >= 11 is 0. The number of hydrogen-bond acceptors (Lipinski definition) is 5. The van der Waals surface area contributed by atoms with E-state index in [1.165, 1.54) is 57.8 Å². The lowest BCUT2D eigenvalue weighted by Gasteiger charge is -2.33. The van der Waals surface area contributed by atoms with E-state index in [1.54, 1.807) is 11.8 Å². The molecule has 0 aromatic carbocycles. The number of hydrogen-bond donors (Lipinski definition) is 1. The molecule has 5 heteroatoms. The summed E-state index contributed by atoms with van der Waals surface area (Å²) in [5, 5.41) is 0. The molecule has 0 aromatic rings. The predicted octanol–water partition coefficient (Wildman–Crippen LogP) is 6.15. The van der Waals surface area contributed by atoms with E-state index in [2.05, 4.69) is 19.1 Å². The van der Waals surface area contributed by atoms with Crippen molar-refractivity contribution >= 4 is 11.9 Å². The van der Waals surface area contributed by atoms with Gasteiger partial charge in [0, 0.05) is 6.42 Å². The highest BCUT2D eigenvalue weighted by molar-refractivity contribution is 5.90. The standard InChI is InChI=1S/C26H50N2O3/c1-5-6-7-8-9-10-11-12-13-14-15-16-17-18-19-21-24(29)31-25(30)26(2,28(3)4)22-20-23-27/h12-13H,5-11,14-23,27H2,1-4H3/b13-12-. The number of likely N-dealkylation sites (N-methyl/N-ethyl adjacent to an activating group) is 1. The van der Waals surface area contributed by atoms with Gasteiger partial charge in [-0.3, -0.25) is 9.69 Å². The summed E-state index contributed by atoms with van der Waals surface area (Å²) in [6, 6.07) is 0. The van der Waals surface area contributed by atoms with Crippen molar-refractivity contribution in [3.05, 3.63) is 12.2 Å². The van der Waals surface area contributed by atoms with Crippen molar-refractivity contribution in [2.45, 2.75) is 122 Å². The first-order valence-electron chi connectivity index (χ1n) is 12.7. The molecule has 0 aliphatic carbocycles. The lowest BCUT2D eigenvalue weighted by molar-refractivity contribution is -0.167. The van der Waals surface area contributed by atoms with Crippen LogP contribution in [0.25, 0.3) is 0 Å². The zero-order valence-corrected chi connectivity index (χ0v) is 20.9. The van der Waals surface area contributed by atoms with Crippen molar-refractivity contribution in [3.8, 4) is 0 Å². The van der Waals surface area contributed by atoms with Crippen LogP contribution in [0.1, 0.15) is 117 Å². The second-order valence-electron chi connectivity index (χ2n) is 9.16. The van der Waals surface area contributed by atoms with Gasteiger partial charge in [0.25, 0.3) is 0 Å². The molecule has 0 aromatic heterocycles. The molecule has 1 unspecified atom stereocenters. The van der Waals surface area contributed by atoms with E-state index in [-0.39, 0.29) is 0 Å². The SMILES string of the molecule is CCCCCCCC/C=C\CCCCCCCC(=O)OC(=O)C(C)(CCCN)N(C)C. The summed E-state index contributed by atoms with van der Waals surface area (Å²) in [6.45, 7) is 4.58. The number of carbonyl (C=O) groups excluding carboxylic acids is 2. The first-order valence-corrected chi connectivity index (χ1v) is 12.7. The third-order valence-electron chi connectivity index (χ3n) is 6.14. The number of unbranched alkanes of at least 4 members (excludes halogenated alkanes) is 11. The van der Waals surface area contributed by atoms with E-state index in [4.69, 9.17) is 10.5 Å². The molecule has 0 rings (SSSR count). The molecule has 0 heterocycles. The quantitative estimate of drug-likeness (QED) is 0.107. The van der Waals surface area contributed by atoms with E-state index >= 15 is 0 Å². The number of esters is 2. The largest absolute Gasteiger partial charge is 0.392 e. The molecule has 0 fully saturated rings. The number of allylic oxidation sites excluding steroid dienone is 2. The van der Waals surface area contributed by atoms with Crippen molar-refractivity contribution in [3.63, 3.8) is 0 Å². The molecule has 31 heavy (non-hydrogen) atoms. The molecule has 0 radical (unpaired) electrons. The maximum absolute atomic E-state index is 12.5. The molecule has 0 bridgehead atoms. The maximum atomic E-state index is 12.5. The molecular weight excluding hydrogens is 388 g/mol. The Morgan fingerprint density at radius 1 is 0.839 bits per heavy atom. The van der Waals surface area contributed by atoms with Gasteiger partial charge in [-0.1, -0.05) is 70.4 Å². The molecule has 0 aliphatic rings. The normalized spacial score (nSPS) is 13.6. The van der Waals surface area contributed by atoms with Crippen LogP contribution >= 0.6 is 0 Å². The highest BCUT2D eigenvalue weighted by Gasteiger charge is 2.37. The van der Waals surface area contributed by atoms with Gasteiger partial charge in [0.1, 0.15) is 5.54 Å². The fraction of sp³-hybridized carbons (Fsp3) is 0.846. The number of nitrogens with two attached hydrogens (primary N) is 1. The predicted molar refractivity (Wildman–Crippen MR) is 131 cm³/mol. The molecule has 0 saturated heterocycles. The molecule has 5 nitrogen and oxygen atoms in total. The summed E-state index contributed by atoms with van der Waals surface area (Å²) in [7, 11) is 3.65. The van der Waals surface area contributed by atoms with Gasteiger partial charge in [-0.05, 0) is 72.5 Å². The third kappa shape index (κ3) is 15.3. The average Bonchev–Trinajstić information content (AvgIpc) is 2.74. The van der Waals surface area contributed by atoms with Gasteiger partial charge >= 0.3 is 11.9 Å². The Hall–Kier alpha value is -1.20. The summed E-state index contributed by atoms with van der Waals surface area (Å²) in [6.07, 6.45) is 22.1. The second-order valence-corrected chi connectivity index (χ2v) is 9.16. The van der Waals surface area contributed by atoms with Gasteiger partial charge < -0.3 is 10.5 Å². The lowest BCUT2D eigenvalue weighted by Crippen LogP contribution is -2.50. The minimum absolute atomic E-state index is 0.310. The van der Waals surface area contributed by atoms with E-state index in [1.807, 2.05) is 14.1 Å². The van der Waals surface area contributed by atoms with Crippen molar-refractivity contribution in [1.29, 1.82) is 0 Å². The summed E-state index contributed by atoms with van der Waals surface area (Å²) in [5.74, 6) is -0.882. The van der Waals surface area contributed by atoms with Crippen LogP contribution in [0.15, 0.2) is 12.2 Å². The molecule has 0 saturated carbocycles. The Morgan fingerprint density at radius 3 is 1.87 bits per heavy atom. The average molecular weight is 439 g/mol. The molecule has 0 aliphatic heterocycles. The van der Waals surface area contributed by atoms with E-state index in [0.29, 0.717) is 25.8 Å². The van der Waals surface area contributed by atoms with Gasteiger partial charge in [0.2, 0.25) is 0 Å². The number of rotatable bonds is 20. The van der Waals surface area contributed by atoms with Crippen LogP contribution in [0.3, 0.4) is 0 Å². The van der Waals surface area contributed by atoms with Gasteiger partial charge in [-0.2, -0.15) is 0 Å². The molecule has 2 N–H and O–H groups in total. The van der Waals surface area contributed by atoms with Crippen LogP contribution in [-0.2, 0) is 14.3 Å². The third-order valence-corrected chi connectivity index (χ3v) is 6.14. The smallest absolute Gasteiger partial charge is 0.333 e. The monoisotopic (exact) mass is 438 g/mol. The van der Waals surface area contributed by atoms with Crippen molar-refractivity contribution in [2.24, 2.45) is 5.73 Å². The summed E-state index contributed by atoms with van der Waals surface area (Å²) in [4.78, 5) is 26.3. The minimum atomic E-state index is -0.808. The van der Waals surface area contributed by atoms with Crippen LogP contribution in [0, 0.1) is 0 Å². The van der Waals surface area contributed by atoms with Crippen LogP contribution < -0.4 is 5.73 Å². The molecular formula is C26H50N2O3. The highest BCUT2D eigenvalue weighted by atomic mass is 16.6. The Kier molecular flexibility index (Phi) is 18.7. The van der Waals surface area contributed by atoms with Crippen molar-refractivity contribution in [1.82, 2.24) is 4.90 Å². The van der Waals surface area contributed by atoms with Gasteiger partial charge in [0.05, 0.1) is 0 Å². The highest BCUT2D eigenvalue weighted by Crippen LogP contribution is 2.21. The first kappa shape index (κ1) is 29.8. The fourth-order valence-electron chi connectivity index (χ4n) is 3.56. The second kappa shape index (κ2) is 19.5. The Balaban J connectivity index is 3.73. The van der Waals surface area contributed by atoms with Crippen molar-refractivity contribution < 1.29 is 14.3 Å². The number of nitrogens with zero attached hydrogens (tertiary/aromatic N) is 1. The fourth-order valence-corrected chi connectivity index (χ4v) is 3.56. The zero-order chi connectivity index (χ0) is 23.4. The van der Waals surface area contributed by atoms with Crippen LogP contribution in [-0.4, -0.2) is 43.0 Å². The van der Waals surface area contributed by atoms with Crippen LogP contribution in [0.4, 0.5) is 0 Å². The first-order chi connectivity index (χ1) is 14.9. The Labute approximate surface area is 192 Å². The molecule has 1 atom stereocenters. The van der Waals surface area contributed by atoms with E-state index < -0.39 is 17.5 Å². The van der Waals surface area contributed by atoms with Gasteiger partial charge in [-0.25, -0.2) is 4.79 Å². The topological polar surface area (TPSA) is 72.6 Å². The van der Waals surface area contributed by atoms with Crippen LogP contribution in [0.2, 0.25) is 0 Å². The molecule has 0 spiro atoms. The molecule has 182 valence electrons. The maximum Gasteiger partial charge on any atom is 0.333 e. The Morgan fingerprint density at radius 2 is 1.35 bits per heavy atom. The van der Waals surface area contributed by atoms with E-state index in [0.717, 1.165) is 25.7 Å².